The monoisotopic (exact) mass is 252 g/mol. The maximum absolute atomic E-state index is 4.43. The molecule has 0 saturated carbocycles. The number of aryl methyl sites for hydroxylation is 2. The van der Waals surface area contributed by atoms with E-state index < -0.39 is 0 Å². The highest BCUT2D eigenvalue weighted by atomic mass is 15.3. The van der Waals surface area contributed by atoms with Gasteiger partial charge >= 0.3 is 0 Å². The fraction of sp³-hybridized carbons (Fsp3) is 0.786. The van der Waals surface area contributed by atoms with Crippen molar-refractivity contribution in [3.8, 4) is 0 Å². The topological polar surface area (TPSA) is 33.1 Å². The van der Waals surface area contributed by atoms with Crippen molar-refractivity contribution in [2.24, 2.45) is 7.05 Å². The van der Waals surface area contributed by atoms with Crippen molar-refractivity contribution < 1.29 is 0 Å². The molecule has 0 amide bonds. The summed E-state index contributed by atoms with van der Waals surface area (Å²) in [6, 6.07) is 0.661. The van der Waals surface area contributed by atoms with Crippen molar-refractivity contribution in [2.75, 3.05) is 20.1 Å². The van der Waals surface area contributed by atoms with Gasteiger partial charge in [0, 0.05) is 44.0 Å². The second kappa shape index (κ2) is 6.90. The van der Waals surface area contributed by atoms with Gasteiger partial charge in [-0.25, -0.2) is 0 Å². The molecule has 0 aliphatic heterocycles. The molecule has 4 heteroatoms. The van der Waals surface area contributed by atoms with Crippen LogP contribution in [0.15, 0.2) is 0 Å². The molecule has 1 unspecified atom stereocenters. The van der Waals surface area contributed by atoms with Crippen LogP contribution in [0.4, 0.5) is 0 Å². The van der Waals surface area contributed by atoms with Crippen LogP contribution in [0.3, 0.4) is 0 Å². The molecule has 0 aliphatic rings. The van der Waals surface area contributed by atoms with E-state index in [0.29, 0.717) is 6.04 Å². The Morgan fingerprint density at radius 1 is 1.39 bits per heavy atom. The van der Waals surface area contributed by atoms with Crippen molar-refractivity contribution >= 4 is 0 Å². The first-order valence-corrected chi connectivity index (χ1v) is 6.87. The third-order valence-electron chi connectivity index (χ3n) is 3.95. The summed E-state index contributed by atoms with van der Waals surface area (Å²) < 4.78 is 1.96. The van der Waals surface area contributed by atoms with Gasteiger partial charge in [0.05, 0.1) is 5.69 Å². The predicted molar refractivity (Wildman–Crippen MR) is 76.8 cm³/mol. The molecule has 0 aromatic carbocycles. The molecule has 0 bridgehead atoms. The lowest BCUT2D eigenvalue weighted by atomic mass is 10.2. The minimum absolute atomic E-state index is 0.661. The molecule has 18 heavy (non-hydrogen) atoms. The third kappa shape index (κ3) is 3.82. The van der Waals surface area contributed by atoms with Crippen LogP contribution in [-0.2, 0) is 13.6 Å². The lowest BCUT2D eigenvalue weighted by Gasteiger charge is -2.23. The van der Waals surface area contributed by atoms with Gasteiger partial charge in [0.25, 0.3) is 0 Å². The number of hydrogen-bond donors (Lipinski definition) is 1. The number of nitrogens with one attached hydrogen (secondary N) is 1. The first-order chi connectivity index (χ1) is 8.47. The molecule has 1 heterocycles. The fourth-order valence-corrected chi connectivity index (χ4v) is 2.07. The molecular formula is C14H28N4. The largest absolute Gasteiger partial charge is 0.311 e. The van der Waals surface area contributed by atoms with Crippen LogP contribution in [0.1, 0.15) is 37.2 Å². The van der Waals surface area contributed by atoms with Crippen LogP contribution in [0.25, 0.3) is 0 Å². The molecule has 0 spiro atoms. The van der Waals surface area contributed by atoms with Crippen molar-refractivity contribution in [1.82, 2.24) is 20.0 Å². The first kappa shape index (κ1) is 15.2. The van der Waals surface area contributed by atoms with E-state index in [9.17, 15) is 0 Å². The smallest absolute Gasteiger partial charge is 0.0641 e. The number of aromatic nitrogens is 2. The molecular weight excluding hydrogens is 224 g/mol. The van der Waals surface area contributed by atoms with E-state index in [2.05, 4.69) is 50.1 Å². The molecule has 1 N–H and O–H groups in total. The lowest BCUT2D eigenvalue weighted by molar-refractivity contribution is 0.251. The average molecular weight is 252 g/mol. The second-order valence-electron chi connectivity index (χ2n) is 5.19. The Morgan fingerprint density at radius 2 is 2.06 bits per heavy atom. The molecule has 0 saturated heterocycles. The number of rotatable bonds is 7. The highest BCUT2D eigenvalue weighted by molar-refractivity contribution is 5.23. The molecule has 1 atom stereocenters. The van der Waals surface area contributed by atoms with Crippen LogP contribution in [0, 0.1) is 13.8 Å². The summed E-state index contributed by atoms with van der Waals surface area (Å²) >= 11 is 0. The zero-order valence-corrected chi connectivity index (χ0v) is 12.7. The van der Waals surface area contributed by atoms with Gasteiger partial charge in [-0.3, -0.25) is 4.68 Å². The van der Waals surface area contributed by atoms with E-state index in [1.165, 1.54) is 17.7 Å². The predicted octanol–water partition coefficient (Wildman–Crippen LogP) is 1.86. The Labute approximate surface area is 111 Å². The minimum atomic E-state index is 0.661. The second-order valence-corrected chi connectivity index (χ2v) is 5.19. The van der Waals surface area contributed by atoms with Crippen molar-refractivity contribution in [3.05, 3.63) is 17.0 Å². The Bertz CT molecular complexity index is 370. The molecule has 1 rings (SSSR count). The number of nitrogens with zero attached hydrogens (tertiary/aromatic N) is 3. The third-order valence-corrected chi connectivity index (χ3v) is 3.95. The highest BCUT2D eigenvalue weighted by Gasteiger charge is 2.09. The van der Waals surface area contributed by atoms with Crippen LogP contribution >= 0.6 is 0 Å². The lowest BCUT2D eigenvalue weighted by Crippen LogP contribution is -2.34. The first-order valence-electron chi connectivity index (χ1n) is 6.87. The summed E-state index contributed by atoms with van der Waals surface area (Å²) in [5.74, 6) is 0. The van der Waals surface area contributed by atoms with E-state index in [4.69, 9.17) is 0 Å². The highest BCUT2D eigenvalue weighted by Crippen LogP contribution is 2.10. The SMILES string of the molecule is CCC(C)N(C)CCNCc1c(C)nn(C)c1C. The van der Waals surface area contributed by atoms with Crippen molar-refractivity contribution in [3.63, 3.8) is 0 Å². The summed E-state index contributed by atoms with van der Waals surface area (Å²) in [6.45, 7) is 11.7. The van der Waals surface area contributed by atoms with Gasteiger partial charge in [-0.1, -0.05) is 6.92 Å². The molecule has 1 aromatic heterocycles. The summed E-state index contributed by atoms with van der Waals surface area (Å²) in [7, 11) is 4.19. The summed E-state index contributed by atoms with van der Waals surface area (Å²) in [4.78, 5) is 2.40. The van der Waals surface area contributed by atoms with E-state index in [0.717, 1.165) is 25.3 Å². The normalized spacial score (nSPS) is 13.3. The Kier molecular flexibility index (Phi) is 5.82. The minimum Gasteiger partial charge on any atom is -0.311 e. The van der Waals surface area contributed by atoms with Gasteiger partial charge in [-0.15, -0.1) is 0 Å². The van der Waals surface area contributed by atoms with Gasteiger partial charge < -0.3 is 10.2 Å². The van der Waals surface area contributed by atoms with E-state index in [-0.39, 0.29) is 0 Å². The average Bonchev–Trinajstić information content (AvgIpc) is 2.58. The van der Waals surface area contributed by atoms with Crippen molar-refractivity contribution in [2.45, 2.75) is 46.7 Å². The zero-order chi connectivity index (χ0) is 13.7. The van der Waals surface area contributed by atoms with Crippen LogP contribution < -0.4 is 5.32 Å². The molecule has 0 fully saturated rings. The fourth-order valence-electron chi connectivity index (χ4n) is 2.07. The Hall–Kier alpha value is -0.870. The molecule has 0 aliphatic carbocycles. The quantitative estimate of drug-likeness (QED) is 0.752. The van der Waals surface area contributed by atoms with Gasteiger partial charge in [0.15, 0.2) is 0 Å². The van der Waals surface area contributed by atoms with Crippen molar-refractivity contribution in [1.29, 1.82) is 0 Å². The molecule has 0 radical (unpaired) electrons. The number of hydrogen-bond acceptors (Lipinski definition) is 3. The maximum Gasteiger partial charge on any atom is 0.0641 e. The summed E-state index contributed by atoms with van der Waals surface area (Å²) in [5.41, 5.74) is 3.73. The van der Waals surface area contributed by atoms with Gasteiger partial charge in [-0.05, 0) is 34.2 Å². The van der Waals surface area contributed by atoms with Crippen LogP contribution in [0.2, 0.25) is 0 Å². The van der Waals surface area contributed by atoms with E-state index >= 15 is 0 Å². The van der Waals surface area contributed by atoms with Crippen LogP contribution in [-0.4, -0.2) is 40.9 Å². The maximum atomic E-state index is 4.43. The van der Waals surface area contributed by atoms with E-state index in [1.54, 1.807) is 0 Å². The molecule has 104 valence electrons. The van der Waals surface area contributed by atoms with Gasteiger partial charge in [0.2, 0.25) is 0 Å². The summed E-state index contributed by atoms with van der Waals surface area (Å²) in [5, 5.41) is 7.94. The number of likely N-dealkylation sites (N-methyl/N-ethyl adjacent to an activating group) is 1. The Morgan fingerprint density at radius 3 is 2.56 bits per heavy atom. The van der Waals surface area contributed by atoms with Gasteiger partial charge in [-0.2, -0.15) is 5.10 Å². The standard InChI is InChI=1S/C14H28N4/c1-7-11(2)17(5)9-8-15-10-14-12(3)16-18(6)13(14)4/h11,15H,7-10H2,1-6H3. The Balaban J connectivity index is 2.34. The van der Waals surface area contributed by atoms with E-state index in [1.807, 2.05) is 11.7 Å². The van der Waals surface area contributed by atoms with Gasteiger partial charge in [0.1, 0.15) is 0 Å². The molecule has 1 aromatic rings. The van der Waals surface area contributed by atoms with Crippen LogP contribution in [0.5, 0.6) is 0 Å². The molecule has 4 nitrogen and oxygen atoms in total. The zero-order valence-electron chi connectivity index (χ0n) is 12.7. The summed E-state index contributed by atoms with van der Waals surface area (Å²) in [6.07, 6.45) is 1.21.